The highest BCUT2D eigenvalue weighted by molar-refractivity contribution is 7.96. The molecule has 1 N–H and O–H groups in total. The second-order valence-corrected chi connectivity index (χ2v) is 8.43. The lowest BCUT2D eigenvalue weighted by Gasteiger charge is -2.17. The van der Waals surface area contributed by atoms with E-state index < -0.39 is 23.5 Å². The molecule has 0 radical (unpaired) electrons. The summed E-state index contributed by atoms with van der Waals surface area (Å²) in [4.78, 5) is 23.5. The van der Waals surface area contributed by atoms with Crippen LogP contribution in [0.1, 0.15) is 94.0 Å². The second kappa shape index (κ2) is 14.0. The molecule has 0 saturated carbocycles. The van der Waals surface area contributed by atoms with Gasteiger partial charge in [-0.05, 0) is 34.4 Å². The fourth-order valence-corrected chi connectivity index (χ4v) is 4.14. The predicted octanol–water partition coefficient (Wildman–Crippen LogP) is 4.81. The number of carboxylic acids is 1. The number of nitrogens with zero attached hydrogens (tertiary/aromatic N) is 4. The number of carbonyl (C=O) groups excluding carboxylic acids is 1. The average molecular weight is 447 g/mol. The molecule has 0 aliphatic rings. The molecule has 1 aromatic carbocycles. The summed E-state index contributed by atoms with van der Waals surface area (Å²) in [5.74, 6) is -1.66. The van der Waals surface area contributed by atoms with Crippen LogP contribution in [0.2, 0.25) is 0 Å². The van der Waals surface area contributed by atoms with Gasteiger partial charge >= 0.3 is 5.97 Å². The third-order valence-electron chi connectivity index (χ3n) is 5.52. The van der Waals surface area contributed by atoms with Gasteiger partial charge in [0.2, 0.25) is 5.12 Å². The molecule has 1 aromatic heterocycles. The molecule has 0 fully saturated rings. The van der Waals surface area contributed by atoms with Crippen molar-refractivity contribution in [2.45, 2.75) is 90.0 Å². The summed E-state index contributed by atoms with van der Waals surface area (Å²) in [7, 11) is 0. The topological polar surface area (TPSA) is 98.0 Å². The van der Waals surface area contributed by atoms with Gasteiger partial charge in [0.05, 0.1) is 0 Å². The van der Waals surface area contributed by atoms with Crippen molar-refractivity contribution in [1.29, 1.82) is 0 Å². The molecule has 7 nitrogen and oxygen atoms in total. The van der Waals surface area contributed by atoms with E-state index in [4.69, 9.17) is 5.11 Å². The van der Waals surface area contributed by atoms with Gasteiger partial charge in [-0.1, -0.05) is 89.0 Å². The first-order chi connectivity index (χ1) is 15.0. The number of aromatic nitrogens is 4. The summed E-state index contributed by atoms with van der Waals surface area (Å²) in [6.07, 6.45) is 13.5. The highest BCUT2D eigenvalue weighted by Gasteiger charge is 2.28. The first kappa shape index (κ1) is 25.0. The van der Waals surface area contributed by atoms with E-state index in [1.807, 2.05) is 24.3 Å². The molecule has 1 heterocycles. The van der Waals surface area contributed by atoms with Crippen molar-refractivity contribution in [2.75, 3.05) is 0 Å². The van der Waals surface area contributed by atoms with E-state index in [2.05, 4.69) is 35.1 Å². The zero-order chi connectivity index (χ0) is 22.5. The number of benzene rings is 1. The number of rotatable bonds is 16. The Labute approximate surface area is 190 Å². The van der Waals surface area contributed by atoms with Crippen molar-refractivity contribution in [3.05, 3.63) is 41.2 Å². The lowest BCUT2D eigenvalue weighted by atomic mass is 9.91. The first-order valence-electron chi connectivity index (χ1n) is 11.3. The van der Waals surface area contributed by atoms with Crippen molar-refractivity contribution in [3.8, 4) is 0 Å². The van der Waals surface area contributed by atoms with E-state index in [9.17, 15) is 9.59 Å². The molecule has 1 unspecified atom stereocenters. The fourth-order valence-electron chi connectivity index (χ4n) is 3.89. The molecule has 8 heteroatoms. The maximum atomic E-state index is 12.4. The molecule has 170 valence electrons. The van der Waals surface area contributed by atoms with Gasteiger partial charge in [-0.25, -0.2) is 4.68 Å². The molecular formula is C23H34N4O3S. The maximum absolute atomic E-state index is 12.4. The van der Waals surface area contributed by atoms with Gasteiger partial charge in [-0.3, -0.25) is 9.59 Å². The highest BCUT2D eigenvalue weighted by atomic mass is 32.1. The predicted molar refractivity (Wildman–Crippen MR) is 123 cm³/mol. The summed E-state index contributed by atoms with van der Waals surface area (Å²) in [5.41, 5.74) is 1.85. The minimum atomic E-state index is -1.07. The Bertz CT molecular complexity index is 825. The SMILES string of the molecule is CCCCCCCCCCCCc1ccccc1C(C(=O)S)c1nnnn1CC(=O)O. The van der Waals surface area contributed by atoms with E-state index in [0.717, 1.165) is 35.1 Å². The molecule has 0 aliphatic carbocycles. The third-order valence-corrected chi connectivity index (χ3v) is 5.77. The Kier molecular flexibility index (Phi) is 11.3. The smallest absolute Gasteiger partial charge is 0.325 e. The van der Waals surface area contributed by atoms with Gasteiger partial charge in [-0.15, -0.1) is 17.7 Å². The van der Waals surface area contributed by atoms with Crippen molar-refractivity contribution in [1.82, 2.24) is 20.2 Å². The lowest BCUT2D eigenvalue weighted by molar-refractivity contribution is -0.138. The van der Waals surface area contributed by atoms with Gasteiger partial charge in [-0.2, -0.15) is 0 Å². The molecule has 0 bridgehead atoms. The van der Waals surface area contributed by atoms with E-state index >= 15 is 0 Å². The Hall–Kier alpha value is -2.22. The molecule has 31 heavy (non-hydrogen) atoms. The molecule has 0 aliphatic heterocycles. The van der Waals surface area contributed by atoms with Gasteiger partial charge < -0.3 is 5.11 Å². The van der Waals surface area contributed by atoms with Crippen LogP contribution in [0.15, 0.2) is 24.3 Å². The zero-order valence-electron chi connectivity index (χ0n) is 18.4. The Morgan fingerprint density at radius 2 is 1.61 bits per heavy atom. The molecule has 0 spiro atoms. The van der Waals surface area contributed by atoms with E-state index in [0.29, 0.717) is 0 Å². The van der Waals surface area contributed by atoms with Crippen molar-refractivity contribution in [2.24, 2.45) is 0 Å². The number of hydrogen-bond donors (Lipinski definition) is 2. The summed E-state index contributed by atoms with van der Waals surface area (Å²) in [6, 6.07) is 7.71. The number of aliphatic carboxylic acids is 1. The Morgan fingerprint density at radius 1 is 1.00 bits per heavy atom. The highest BCUT2D eigenvalue weighted by Crippen LogP contribution is 2.29. The van der Waals surface area contributed by atoms with Crippen LogP contribution < -0.4 is 0 Å². The van der Waals surface area contributed by atoms with Crippen LogP contribution >= 0.6 is 12.6 Å². The van der Waals surface area contributed by atoms with E-state index in [1.165, 1.54) is 51.4 Å². The van der Waals surface area contributed by atoms with Crippen molar-refractivity contribution >= 4 is 23.7 Å². The normalized spacial score (nSPS) is 12.1. The van der Waals surface area contributed by atoms with Crippen molar-refractivity contribution < 1.29 is 14.7 Å². The molecule has 1 atom stereocenters. The number of carbonyl (C=O) groups is 2. The standard InChI is InChI=1S/C23H34N4O3S/c1-2-3-4-5-6-7-8-9-10-11-14-18-15-12-13-16-19(18)21(23(30)31)22-24-25-26-27(22)17-20(28)29/h12-13,15-16,21H,2-11,14,17H2,1H3,(H,28,29)(H,30,31). The minimum Gasteiger partial charge on any atom is -0.480 e. The summed E-state index contributed by atoms with van der Waals surface area (Å²) in [6.45, 7) is 1.84. The van der Waals surface area contributed by atoms with Crippen LogP contribution in [0.3, 0.4) is 0 Å². The Morgan fingerprint density at radius 3 is 2.23 bits per heavy atom. The molecule has 0 saturated heterocycles. The van der Waals surface area contributed by atoms with Gasteiger partial charge in [0.1, 0.15) is 12.5 Å². The minimum absolute atomic E-state index is 0.206. The van der Waals surface area contributed by atoms with Gasteiger partial charge in [0.25, 0.3) is 0 Å². The van der Waals surface area contributed by atoms with Gasteiger partial charge in [0, 0.05) is 0 Å². The van der Waals surface area contributed by atoms with Crippen LogP contribution in [-0.4, -0.2) is 36.4 Å². The van der Waals surface area contributed by atoms with Crippen molar-refractivity contribution in [3.63, 3.8) is 0 Å². The van der Waals surface area contributed by atoms with E-state index in [1.54, 1.807) is 0 Å². The summed E-state index contributed by atoms with van der Waals surface area (Å²) >= 11 is 4.06. The largest absolute Gasteiger partial charge is 0.480 e. The van der Waals surface area contributed by atoms with Crippen LogP contribution in [-0.2, 0) is 22.6 Å². The van der Waals surface area contributed by atoms with Crippen LogP contribution in [0, 0.1) is 0 Å². The van der Waals surface area contributed by atoms with Crippen LogP contribution in [0.5, 0.6) is 0 Å². The maximum Gasteiger partial charge on any atom is 0.325 e. The van der Waals surface area contributed by atoms with Crippen LogP contribution in [0.25, 0.3) is 0 Å². The number of unbranched alkanes of at least 4 members (excludes halogenated alkanes) is 9. The fraction of sp³-hybridized carbons (Fsp3) is 0.609. The number of aryl methyl sites for hydroxylation is 1. The zero-order valence-corrected chi connectivity index (χ0v) is 19.3. The molecule has 0 amide bonds. The average Bonchev–Trinajstić information content (AvgIpc) is 3.17. The number of carboxylic acid groups (broad SMARTS) is 1. The number of tetrazole rings is 1. The first-order valence-corrected chi connectivity index (χ1v) is 11.8. The van der Waals surface area contributed by atoms with Gasteiger partial charge in [0.15, 0.2) is 5.82 Å². The molecule has 2 rings (SSSR count). The lowest BCUT2D eigenvalue weighted by Crippen LogP contribution is -2.20. The van der Waals surface area contributed by atoms with E-state index in [-0.39, 0.29) is 5.82 Å². The summed E-state index contributed by atoms with van der Waals surface area (Å²) in [5, 5.41) is 19.9. The quantitative estimate of drug-likeness (QED) is 0.284. The second-order valence-electron chi connectivity index (χ2n) is 7.99. The summed E-state index contributed by atoms with van der Waals surface area (Å²) < 4.78 is 1.15. The number of thiol groups is 1. The molecular weight excluding hydrogens is 412 g/mol. The van der Waals surface area contributed by atoms with Crippen LogP contribution in [0.4, 0.5) is 0 Å². The Balaban J connectivity index is 1.94. The molecule has 2 aromatic rings. The third kappa shape index (κ3) is 8.44. The monoisotopic (exact) mass is 446 g/mol. The number of hydrogen-bond acceptors (Lipinski definition) is 5.